The molecule has 8 nitrogen and oxygen atoms in total. The Kier molecular flexibility index (Phi) is 11.2. The van der Waals surface area contributed by atoms with Crippen molar-refractivity contribution in [2.45, 2.75) is 59.2 Å². The van der Waals surface area contributed by atoms with Crippen LogP contribution in [0.15, 0.2) is 30.3 Å². The number of benzene rings is 1. The molecule has 3 amide bonds. The summed E-state index contributed by atoms with van der Waals surface area (Å²) in [6.45, 7) is 7.68. The highest BCUT2D eigenvalue weighted by Crippen LogP contribution is 2.09. The number of amides is 3. The summed E-state index contributed by atoms with van der Waals surface area (Å²) in [5.74, 6) is -0.626. The maximum absolute atomic E-state index is 12.8. The van der Waals surface area contributed by atoms with Crippen molar-refractivity contribution in [3.63, 3.8) is 0 Å². The highest BCUT2D eigenvalue weighted by Gasteiger charge is 2.28. The first-order valence-corrected chi connectivity index (χ1v) is 10.2. The Morgan fingerprint density at radius 3 is 2.00 bits per heavy atom. The lowest BCUT2D eigenvalue weighted by Crippen LogP contribution is -2.54. The van der Waals surface area contributed by atoms with Crippen LogP contribution in [-0.2, 0) is 25.7 Å². The second kappa shape index (κ2) is 13.3. The van der Waals surface area contributed by atoms with Crippen LogP contribution >= 0.6 is 0 Å². The van der Waals surface area contributed by atoms with E-state index in [1.165, 1.54) is 0 Å². The zero-order valence-corrected chi connectivity index (χ0v) is 18.1. The highest BCUT2D eigenvalue weighted by molar-refractivity contribution is 5.91. The van der Waals surface area contributed by atoms with Gasteiger partial charge in [0.25, 0.3) is 0 Å². The highest BCUT2D eigenvalue weighted by atomic mass is 16.5. The molecule has 0 radical (unpaired) electrons. The molecule has 3 N–H and O–H groups in total. The Morgan fingerprint density at radius 1 is 0.900 bits per heavy atom. The molecule has 0 unspecified atom stereocenters. The number of nitrogens with one attached hydrogen (secondary N) is 3. The Morgan fingerprint density at radius 2 is 1.47 bits per heavy atom. The van der Waals surface area contributed by atoms with Crippen molar-refractivity contribution in [3.05, 3.63) is 35.9 Å². The number of alkyl carbamates (subject to hydrolysis) is 1. The molecule has 0 saturated heterocycles. The van der Waals surface area contributed by atoms with E-state index in [-0.39, 0.29) is 25.0 Å². The van der Waals surface area contributed by atoms with Crippen LogP contribution in [0.2, 0.25) is 0 Å². The standard InChI is InChI=1S/C22H33N3O5/c1-15(2)12-18(20(27)23-10-11-26)24-21(28)19(13-16(3)4)25-22(29)30-14-17-8-6-5-7-9-17/h5-9,11,15-16,18-19H,10,12-14H2,1-4H3,(H,23,27)(H,24,28)(H,25,29)/t18-,19-/m0/s1. The monoisotopic (exact) mass is 419 g/mol. The minimum absolute atomic E-state index is 0.0900. The van der Waals surface area contributed by atoms with E-state index < -0.39 is 30.0 Å². The fourth-order valence-electron chi connectivity index (χ4n) is 2.85. The Hall–Kier alpha value is -2.90. The zero-order valence-electron chi connectivity index (χ0n) is 18.1. The van der Waals surface area contributed by atoms with Crippen LogP contribution in [0, 0.1) is 11.8 Å². The molecule has 1 aromatic carbocycles. The molecular weight excluding hydrogens is 386 g/mol. The molecule has 0 fully saturated rings. The lowest BCUT2D eigenvalue weighted by atomic mass is 10.00. The summed E-state index contributed by atoms with van der Waals surface area (Å²) in [5.41, 5.74) is 0.835. The number of ether oxygens (including phenoxy) is 1. The quantitative estimate of drug-likeness (QED) is 0.449. The molecule has 1 rings (SSSR count). The average molecular weight is 420 g/mol. The summed E-state index contributed by atoms with van der Waals surface area (Å²) in [6, 6.07) is 7.58. The van der Waals surface area contributed by atoms with Crippen molar-refractivity contribution in [1.82, 2.24) is 16.0 Å². The molecule has 2 atom stereocenters. The van der Waals surface area contributed by atoms with Crippen LogP contribution < -0.4 is 16.0 Å². The van der Waals surface area contributed by atoms with Crippen molar-refractivity contribution in [1.29, 1.82) is 0 Å². The number of hydrogen-bond donors (Lipinski definition) is 3. The summed E-state index contributed by atoms with van der Waals surface area (Å²) >= 11 is 0. The van der Waals surface area contributed by atoms with Crippen LogP contribution in [0.25, 0.3) is 0 Å². The van der Waals surface area contributed by atoms with Crippen LogP contribution in [0.1, 0.15) is 46.1 Å². The smallest absolute Gasteiger partial charge is 0.408 e. The second-order valence-electron chi connectivity index (χ2n) is 7.99. The molecule has 166 valence electrons. The molecule has 0 bridgehead atoms. The lowest BCUT2D eigenvalue weighted by Gasteiger charge is -2.24. The number of rotatable bonds is 12. The van der Waals surface area contributed by atoms with E-state index >= 15 is 0 Å². The van der Waals surface area contributed by atoms with Crippen molar-refractivity contribution in [3.8, 4) is 0 Å². The number of carbonyl (C=O) groups excluding carboxylic acids is 4. The molecule has 0 aliphatic carbocycles. The van der Waals surface area contributed by atoms with Gasteiger partial charge in [-0.15, -0.1) is 0 Å². The van der Waals surface area contributed by atoms with E-state index in [0.29, 0.717) is 19.1 Å². The normalized spacial score (nSPS) is 12.7. The molecule has 0 saturated carbocycles. The fourth-order valence-corrected chi connectivity index (χ4v) is 2.85. The van der Waals surface area contributed by atoms with Crippen molar-refractivity contribution in [2.24, 2.45) is 11.8 Å². The molecule has 0 spiro atoms. The van der Waals surface area contributed by atoms with E-state index in [1.807, 2.05) is 58.0 Å². The molecule has 0 aliphatic rings. The topological polar surface area (TPSA) is 114 Å². The van der Waals surface area contributed by atoms with Gasteiger partial charge in [0, 0.05) is 0 Å². The summed E-state index contributed by atoms with van der Waals surface area (Å²) in [4.78, 5) is 47.9. The minimum atomic E-state index is -0.846. The van der Waals surface area contributed by atoms with E-state index in [2.05, 4.69) is 16.0 Å². The average Bonchev–Trinajstić information content (AvgIpc) is 2.69. The number of carbonyl (C=O) groups is 4. The Bertz CT molecular complexity index is 691. The predicted octanol–water partition coefficient (Wildman–Crippen LogP) is 2.17. The first kappa shape index (κ1) is 25.1. The van der Waals surface area contributed by atoms with Gasteiger partial charge in [0.15, 0.2) is 0 Å². The number of hydrogen-bond acceptors (Lipinski definition) is 5. The van der Waals surface area contributed by atoms with Gasteiger partial charge >= 0.3 is 6.09 Å². The van der Waals surface area contributed by atoms with Gasteiger partial charge in [-0.1, -0.05) is 58.0 Å². The second-order valence-corrected chi connectivity index (χ2v) is 7.99. The molecule has 1 aromatic rings. The van der Waals surface area contributed by atoms with Gasteiger partial charge in [0.05, 0.1) is 6.54 Å². The molecule has 0 aliphatic heterocycles. The van der Waals surface area contributed by atoms with Crippen molar-refractivity contribution in [2.75, 3.05) is 6.54 Å². The third kappa shape index (κ3) is 10.0. The Labute approximate surface area is 178 Å². The van der Waals surface area contributed by atoms with Gasteiger partial charge in [0.2, 0.25) is 11.8 Å². The van der Waals surface area contributed by atoms with E-state index in [4.69, 9.17) is 4.74 Å². The molecule has 0 aromatic heterocycles. The van der Waals surface area contributed by atoms with Gasteiger partial charge in [-0.05, 0) is 30.2 Å². The first-order chi connectivity index (χ1) is 14.2. The van der Waals surface area contributed by atoms with Gasteiger partial charge in [-0.2, -0.15) is 0 Å². The molecular formula is C22H33N3O5. The zero-order chi connectivity index (χ0) is 22.5. The van der Waals surface area contributed by atoms with E-state index in [0.717, 1.165) is 5.56 Å². The van der Waals surface area contributed by atoms with Crippen molar-refractivity contribution < 1.29 is 23.9 Å². The summed E-state index contributed by atoms with van der Waals surface area (Å²) in [6.07, 6.45) is 0.670. The van der Waals surface area contributed by atoms with Gasteiger partial charge in [-0.3, -0.25) is 9.59 Å². The first-order valence-electron chi connectivity index (χ1n) is 10.2. The lowest BCUT2D eigenvalue weighted by molar-refractivity contribution is -0.130. The maximum atomic E-state index is 12.8. The van der Waals surface area contributed by atoms with Crippen LogP contribution in [0.3, 0.4) is 0 Å². The van der Waals surface area contributed by atoms with Crippen LogP contribution in [0.5, 0.6) is 0 Å². The summed E-state index contributed by atoms with van der Waals surface area (Å²) in [7, 11) is 0. The molecule has 30 heavy (non-hydrogen) atoms. The van der Waals surface area contributed by atoms with E-state index in [9.17, 15) is 19.2 Å². The van der Waals surface area contributed by atoms with Gasteiger partial charge in [-0.25, -0.2) is 4.79 Å². The Balaban J connectivity index is 2.75. The van der Waals surface area contributed by atoms with Gasteiger partial charge < -0.3 is 25.5 Å². The maximum Gasteiger partial charge on any atom is 0.408 e. The SMILES string of the molecule is CC(C)C[C@H](NC(=O)OCc1ccccc1)C(=O)N[C@@H](CC(C)C)C(=O)NCC=O. The molecule has 8 heteroatoms. The summed E-state index contributed by atoms with van der Waals surface area (Å²) < 4.78 is 5.21. The van der Waals surface area contributed by atoms with Crippen LogP contribution in [-0.4, -0.2) is 42.8 Å². The third-order valence-electron chi connectivity index (χ3n) is 4.23. The van der Waals surface area contributed by atoms with Crippen LogP contribution in [0.4, 0.5) is 4.79 Å². The summed E-state index contributed by atoms with van der Waals surface area (Å²) in [5, 5.41) is 7.77. The van der Waals surface area contributed by atoms with Crippen molar-refractivity contribution >= 4 is 24.2 Å². The third-order valence-corrected chi connectivity index (χ3v) is 4.23. The minimum Gasteiger partial charge on any atom is -0.445 e. The largest absolute Gasteiger partial charge is 0.445 e. The predicted molar refractivity (Wildman–Crippen MR) is 113 cm³/mol. The van der Waals surface area contributed by atoms with E-state index in [1.54, 1.807) is 0 Å². The van der Waals surface area contributed by atoms with Gasteiger partial charge in [0.1, 0.15) is 25.0 Å². The number of aldehydes is 1. The molecule has 0 heterocycles. The fraction of sp³-hybridized carbons (Fsp3) is 0.545.